The van der Waals surface area contributed by atoms with Crippen LogP contribution in [0.5, 0.6) is 5.75 Å². The molecule has 0 N–H and O–H groups in total. The molecule has 0 bridgehead atoms. The smallest absolute Gasteiger partial charge is 0.239 e. The molecule has 176 valence electrons. The lowest BCUT2D eigenvalue weighted by molar-refractivity contribution is 0.138. The Labute approximate surface area is 195 Å². The Balaban J connectivity index is 1.54. The third-order valence-corrected chi connectivity index (χ3v) is 6.99. The highest BCUT2D eigenvalue weighted by atomic mass is 35.5. The SMILES string of the molecule is CCCCCC1CCC(COc2ccc(-c3ccc(CCC(F)F)cc3)c(Cl)c2F)CC1. The zero-order chi connectivity index (χ0) is 22.9. The topological polar surface area (TPSA) is 9.23 Å². The van der Waals surface area contributed by atoms with E-state index in [0.29, 0.717) is 24.5 Å². The standard InChI is InChI=1S/C27H34ClF3O/c1-2-3-4-5-19-6-8-21(9-7-19)18-32-24-16-15-23(26(28)27(24)31)22-13-10-20(11-14-22)12-17-25(29)30/h10-11,13-16,19,21,25H,2-9,12,17-18H2,1H3. The molecule has 1 fully saturated rings. The van der Waals surface area contributed by atoms with Crippen LogP contribution in [-0.4, -0.2) is 13.0 Å². The van der Waals surface area contributed by atoms with Gasteiger partial charge in [-0.1, -0.05) is 81.3 Å². The van der Waals surface area contributed by atoms with E-state index in [0.717, 1.165) is 29.9 Å². The summed E-state index contributed by atoms with van der Waals surface area (Å²) in [5.41, 5.74) is 2.15. The second kappa shape index (κ2) is 12.5. The van der Waals surface area contributed by atoms with E-state index in [-0.39, 0.29) is 17.2 Å². The van der Waals surface area contributed by atoms with Crippen LogP contribution in [0.4, 0.5) is 13.2 Å². The molecule has 1 aliphatic rings. The lowest BCUT2D eigenvalue weighted by atomic mass is 9.80. The molecule has 0 amide bonds. The van der Waals surface area contributed by atoms with Gasteiger partial charge in [0.15, 0.2) is 11.6 Å². The maximum atomic E-state index is 14.9. The Bertz CT molecular complexity index is 830. The first-order valence-corrected chi connectivity index (χ1v) is 12.3. The van der Waals surface area contributed by atoms with Gasteiger partial charge in [0, 0.05) is 12.0 Å². The van der Waals surface area contributed by atoms with Gasteiger partial charge in [-0.05, 0) is 54.4 Å². The molecule has 1 nitrogen and oxygen atoms in total. The van der Waals surface area contributed by atoms with Crippen LogP contribution in [0.25, 0.3) is 11.1 Å². The highest BCUT2D eigenvalue weighted by Gasteiger charge is 2.22. The number of unbranched alkanes of at least 4 members (excludes halogenated alkanes) is 2. The molecule has 0 unspecified atom stereocenters. The Morgan fingerprint density at radius 1 is 0.969 bits per heavy atom. The fraction of sp³-hybridized carbons (Fsp3) is 0.556. The zero-order valence-corrected chi connectivity index (χ0v) is 19.7. The van der Waals surface area contributed by atoms with Crippen molar-refractivity contribution < 1.29 is 17.9 Å². The number of hydrogen-bond donors (Lipinski definition) is 0. The molecule has 0 spiro atoms. The quantitative estimate of drug-likeness (QED) is 0.300. The summed E-state index contributed by atoms with van der Waals surface area (Å²) >= 11 is 6.32. The summed E-state index contributed by atoms with van der Waals surface area (Å²) in [4.78, 5) is 0. The largest absolute Gasteiger partial charge is 0.490 e. The summed E-state index contributed by atoms with van der Waals surface area (Å²) in [7, 11) is 0. The highest BCUT2D eigenvalue weighted by Crippen LogP contribution is 2.36. The predicted molar refractivity (Wildman–Crippen MR) is 126 cm³/mol. The molecule has 1 saturated carbocycles. The molecule has 0 radical (unpaired) electrons. The number of benzene rings is 2. The molecule has 0 atom stereocenters. The predicted octanol–water partition coefficient (Wildman–Crippen LogP) is 9.11. The summed E-state index contributed by atoms with van der Waals surface area (Å²) in [6.07, 6.45) is 7.85. The number of aryl methyl sites for hydroxylation is 1. The van der Waals surface area contributed by atoms with Crippen molar-refractivity contribution in [2.75, 3.05) is 6.61 Å². The van der Waals surface area contributed by atoms with Crippen LogP contribution in [0.15, 0.2) is 36.4 Å². The van der Waals surface area contributed by atoms with Crippen molar-refractivity contribution in [1.82, 2.24) is 0 Å². The minimum absolute atomic E-state index is 0.0301. The van der Waals surface area contributed by atoms with Crippen molar-refractivity contribution in [2.45, 2.75) is 77.6 Å². The second-order valence-corrected chi connectivity index (χ2v) is 9.44. The molecule has 0 saturated heterocycles. The fourth-order valence-electron chi connectivity index (χ4n) is 4.57. The minimum atomic E-state index is -2.31. The van der Waals surface area contributed by atoms with Crippen molar-refractivity contribution in [1.29, 1.82) is 0 Å². The van der Waals surface area contributed by atoms with E-state index in [4.69, 9.17) is 16.3 Å². The molecular formula is C27H34ClF3O. The molecule has 0 aliphatic heterocycles. The van der Waals surface area contributed by atoms with Crippen molar-refractivity contribution in [2.24, 2.45) is 11.8 Å². The van der Waals surface area contributed by atoms with Gasteiger partial charge in [-0.2, -0.15) is 0 Å². The van der Waals surface area contributed by atoms with Gasteiger partial charge in [0.2, 0.25) is 6.43 Å². The van der Waals surface area contributed by atoms with Crippen LogP contribution < -0.4 is 4.74 Å². The number of rotatable bonds is 11. The summed E-state index contributed by atoms with van der Waals surface area (Å²) in [5, 5.41) is 0.0301. The molecule has 5 heteroatoms. The third-order valence-electron chi connectivity index (χ3n) is 6.62. The van der Waals surface area contributed by atoms with Gasteiger partial charge in [-0.15, -0.1) is 0 Å². The van der Waals surface area contributed by atoms with Crippen molar-refractivity contribution in [3.05, 3.63) is 52.8 Å². The lowest BCUT2D eigenvalue weighted by Gasteiger charge is -2.28. The molecule has 32 heavy (non-hydrogen) atoms. The van der Waals surface area contributed by atoms with Crippen LogP contribution >= 0.6 is 11.6 Å². The summed E-state index contributed by atoms with van der Waals surface area (Å²) in [6, 6.07) is 10.6. The minimum Gasteiger partial charge on any atom is -0.490 e. The summed E-state index contributed by atoms with van der Waals surface area (Å²) in [6.45, 7) is 2.76. The Morgan fingerprint density at radius 2 is 1.66 bits per heavy atom. The van der Waals surface area contributed by atoms with E-state index < -0.39 is 12.2 Å². The van der Waals surface area contributed by atoms with Crippen LogP contribution in [0, 0.1) is 17.7 Å². The molecular weight excluding hydrogens is 433 g/mol. The zero-order valence-electron chi connectivity index (χ0n) is 18.9. The van der Waals surface area contributed by atoms with Gasteiger partial charge in [-0.25, -0.2) is 13.2 Å². The first-order chi connectivity index (χ1) is 15.5. The summed E-state index contributed by atoms with van der Waals surface area (Å²) < 4.78 is 45.5. The second-order valence-electron chi connectivity index (χ2n) is 9.06. The van der Waals surface area contributed by atoms with Gasteiger partial charge >= 0.3 is 0 Å². The average Bonchev–Trinajstić information content (AvgIpc) is 2.80. The van der Waals surface area contributed by atoms with Gasteiger partial charge in [-0.3, -0.25) is 0 Å². The number of hydrogen-bond acceptors (Lipinski definition) is 1. The van der Waals surface area contributed by atoms with Gasteiger partial charge < -0.3 is 4.74 Å². The van der Waals surface area contributed by atoms with E-state index >= 15 is 0 Å². The van der Waals surface area contributed by atoms with Crippen LogP contribution in [-0.2, 0) is 6.42 Å². The maximum Gasteiger partial charge on any atom is 0.239 e. The molecule has 2 aromatic carbocycles. The Kier molecular flexibility index (Phi) is 9.77. The highest BCUT2D eigenvalue weighted by molar-refractivity contribution is 6.33. The van der Waals surface area contributed by atoms with E-state index in [9.17, 15) is 13.2 Å². The van der Waals surface area contributed by atoms with Crippen LogP contribution in [0.3, 0.4) is 0 Å². The van der Waals surface area contributed by atoms with Crippen molar-refractivity contribution >= 4 is 11.6 Å². The third kappa shape index (κ3) is 7.16. The first-order valence-electron chi connectivity index (χ1n) is 12.0. The van der Waals surface area contributed by atoms with Crippen LogP contribution in [0.1, 0.15) is 70.3 Å². The molecule has 0 aromatic heterocycles. The average molecular weight is 467 g/mol. The van der Waals surface area contributed by atoms with Gasteiger partial charge in [0.1, 0.15) is 0 Å². The van der Waals surface area contributed by atoms with Gasteiger partial charge in [0.25, 0.3) is 0 Å². The van der Waals surface area contributed by atoms with E-state index in [1.54, 1.807) is 36.4 Å². The number of alkyl halides is 2. The molecule has 1 aliphatic carbocycles. The lowest BCUT2D eigenvalue weighted by Crippen LogP contribution is -2.20. The van der Waals surface area contributed by atoms with E-state index in [1.165, 1.54) is 38.5 Å². The normalized spacial score (nSPS) is 18.8. The molecule has 2 aromatic rings. The van der Waals surface area contributed by atoms with E-state index in [2.05, 4.69) is 6.92 Å². The summed E-state index contributed by atoms with van der Waals surface area (Å²) in [5.74, 6) is 0.956. The van der Waals surface area contributed by atoms with Crippen LogP contribution in [0.2, 0.25) is 5.02 Å². The Morgan fingerprint density at radius 3 is 2.31 bits per heavy atom. The fourth-order valence-corrected chi connectivity index (χ4v) is 4.84. The maximum absolute atomic E-state index is 14.9. The molecule has 3 rings (SSSR count). The first kappa shape index (κ1) is 25.0. The van der Waals surface area contributed by atoms with Crippen molar-refractivity contribution in [3.8, 4) is 16.9 Å². The van der Waals surface area contributed by atoms with Gasteiger partial charge in [0.05, 0.1) is 11.6 Å². The number of ether oxygens (including phenoxy) is 1. The number of halogens is 4. The molecule has 0 heterocycles. The van der Waals surface area contributed by atoms with E-state index in [1.807, 2.05) is 0 Å². The Hall–Kier alpha value is -1.68. The monoisotopic (exact) mass is 466 g/mol. The van der Waals surface area contributed by atoms with Crippen molar-refractivity contribution in [3.63, 3.8) is 0 Å².